The molecule has 10 heteroatoms. The fourth-order valence-corrected chi connectivity index (χ4v) is 3.27. The highest BCUT2D eigenvalue weighted by molar-refractivity contribution is 6.30. The third kappa shape index (κ3) is 4.49. The van der Waals surface area contributed by atoms with Crippen LogP contribution in [0.25, 0.3) is 0 Å². The van der Waals surface area contributed by atoms with Gasteiger partial charge in [0, 0.05) is 11.8 Å². The van der Waals surface area contributed by atoms with E-state index in [1.807, 2.05) is 0 Å². The maximum Gasteiger partial charge on any atom is 0.431 e. The highest BCUT2D eigenvalue weighted by atomic mass is 35.5. The first kappa shape index (κ1) is 22.2. The number of carbonyl (C=O) groups is 1. The van der Waals surface area contributed by atoms with E-state index in [2.05, 4.69) is 5.92 Å². The average Bonchev–Trinajstić information content (AvgIpc) is 2.88. The van der Waals surface area contributed by atoms with Crippen molar-refractivity contribution in [2.45, 2.75) is 39.4 Å². The SMILES string of the molecule is C#CCn1ccc(COC(=O)[C@H]2[C@@H](C=C(Cl)C(F)(F)F)C2(C)C)c1C(F)(F)F. The van der Waals surface area contributed by atoms with Gasteiger partial charge in [-0.1, -0.05) is 37.4 Å². The topological polar surface area (TPSA) is 31.2 Å². The van der Waals surface area contributed by atoms with Crippen molar-refractivity contribution in [2.75, 3.05) is 0 Å². The molecular formula is C18H16ClF6NO2. The number of rotatable bonds is 5. The first-order chi connectivity index (χ1) is 12.7. The molecule has 154 valence electrons. The third-order valence-corrected chi connectivity index (χ3v) is 5.05. The molecule has 0 N–H and O–H groups in total. The Bertz CT molecular complexity index is 829. The van der Waals surface area contributed by atoms with Gasteiger partial charge in [0.25, 0.3) is 0 Å². The van der Waals surface area contributed by atoms with Gasteiger partial charge >= 0.3 is 18.3 Å². The molecule has 1 aromatic rings. The van der Waals surface area contributed by atoms with Crippen LogP contribution < -0.4 is 0 Å². The monoisotopic (exact) mass is 427 g/mol. The van der Waals surface area contributed by atoms with E-state index >= 15 is 0 Å². The second-order valence-electron chi connectivity index (χ2n) is 6.96. The number of alkyl halides is 6. The highest BCUT2D eigenvalue weighted by Crippen LogP contribution is 2.60. The zero-order chi connectivity index (χ0) is 21.5. The van der Waals surface area contributed by atoms with Crippen molar-refractivity contribution in [3.05, 3.63) is 34.6 Å². The highest BCUT2D eigenvalue weighted by Gasteiger charge is 2.62. The molecular weight excluding hydrogens is 412 g/mol. The van der Waals surface area contributed by atoms with Gasteiger partial charge in [0.15, 0.2) is 0 Å². The standard InChI is InChI=1S/C18H16ClF6NO2/c1-4-6-26-7-5-10(14(26)18(23,24)25)9-28-15(27)13-11(16(13,2)3)8-12(19)17(20,21)22/h1,5,7-8,11,13H,6,9H2,2-3H3/t11-,13-/m1/s1. The van der Waals surface area contributed by atoms with Crippen LogP contribution in [-0.2, 0) is 28.9 Å². The van der Waals surface area contributed by atoms with Gasteiger partial charge in [0.2, 0.25) is 0 Å². The van der Waals surface area contributed by atoms with Crippen LogP contribution in [0.5, 0.6) is 0 Å². The Morgan fingerprint density at radius 3 is 2.46 bits per heavy atom. The normalized spacial score (nSPS) is 21.9. The van der Waals surface area contributed by atoms with Crippen molar-refractivity contribution in [2.24, 2.45) is 17.3 Å². The Morgan fingerprint density at radius 1 is 1.36 bits per heavy atom. The van der Waals surface area contributed by atoms with Gasteiger partial charge in [-0.05, 0) is 17.4 Å². The van der Waals surface area contributed by atoms with E-state index in [0.29, 0.717) is 0 Å². The molecule has 0 spiro atoms. The van der Waals surface area contributed by atoms with Gasteiger partial charge < -0.3 is 9.30 Å². The Kier molecular flexibility index (Phi) is 5.86. The molecule has 0 unspecified atom stereocenters. The van der Waals surface area contributed by atoms with E-state index < -0.39 is 52.9 Å². The lowest BCUT2D eigenvalue weighted by Crippen LogP contribution is -2.17. The zero-order valence-corrected chi connectivity index (χ0v) is 15.5. The lowest BCUT2D eigenvalue weighted by atomic mass is 10.1. The summed E-state index contributed by atoms with van der Waals surface area (Å²) in [5.74, 6) is -0.569. The smallest absolute Gasteiger partial charge is 0.431 e. The first-order valence-electron chi connectivity index (χ1n) is 8.01. The molecule has 1 aromatic heterocycles. The molecule has 28 heavy (non-hydrogen) atoms. The molecule has 1 aliphatic carbocycles. The van der Waals surface area contributed by atoms with E-state index in [1.165, 1.54) is 0 Å². The fraction of sp³-hybridized carbons (Fsp3) is 0.500. The third-order valence-electron chi connectivity index (χ3n) is 4.71. The summed E-state index contributed by atoms with van der Waals surface area (Å²) >= 11 is 5.21. The fourth-order valence-electron chi connectivity index (χ4n) is 3.14. The summed E-state index contributed by atoms with van der Waals surface area (Å²) < 4.78 is 83.2. The second-order valence-corrected chi connectivity index (χ2v) is 7.37. The first-order valence-corrected chi connectivity index (χ1v) is 8.38. The molecule has 0 aliphatic heterocycles. The summed E-state index contributed by atoms with van der Waals surface area (Å²) in [6.07, 6.45) is -2.55. The van der Waals surface area contributed by atoms with E-state index in [9.17, 15) is 31.1 Å². The summed E-state index contributed by atoms with van der Waals surface area (Å²) in [6, 6.07) is 1.13. The van der Waals surface area contributed by atoms with Crippen molar-refractivity contribution in [3.63, 3.8) is 0 Å². The van der Waals surface area contributed by atoms with Crippen LogP contribution in [0.4, 0.5) is 26.3 Å². The molecule has 0 radical (unpaired) electrons. The molecule has 0 saturated heterocycles. The van der Waals surface area contributed by atoms with Crippen LogP contribution in [0.3, 0.4) is 0 Å². The molecule has 0 bridgehead atoms. The van der Waals surface area contributed by atoms with Crippen molar-refractivity contribution in [3.8, 4) is 12.3 Å². The van der Waals surface area contributed by atoms with Crippen molar-refractivity contribution >= 4 is 17.6 Å². The molecule has 1 heterocycles. The van der Waals surface area contributed by atoms with Crippen molar-refractivity contribution in [1.29, 1.82) is 0 Å². The van der Waals surface area contributed by atoms with Crippen LogP contribution in [-0.4, -0.2) is 16.7 Å². The number of halogens is 7. The van der Waals surface area contributed by atoms with Crippen LogP contribution in [0.1, 0.15) is 25.1 Å². The molecule has 2 atom stereocenters. The van der Waals surface area contributed by atoms with Crippen molar-refractivity contribution < 1.29 is 35.9 Å². The van der Waals surface area contributed by atoms with Crippen LogP contribution in [0.15, 0.2) is 23.4 Å². The molecule has 1 saturated carbocycles. The van der Waals surface area contributed by atoms with Crippen LogP contribution >= 0.6 is 11.6 Å². The maximum absolute atomic E-state index is 13.2. The number of terminal acetylenes is 1. The molecule has 0 aromatic carbocycles. The Morgan fingerprint density at radius 2 is 1.96 bits per heavy atom. The molecule has 2 rings (SSSR count). The number of esters is 1. The summed E-state index contributed by atoms with van der Waals surface area (Å²) in [7, 11) is 0. The minimum absolute atomic E-state index is 0.296. The lowest BCUT2D eigenvalue weighted by molar-refractivity contribution is -0.151. The van der Waals surface area contributed by atoms with Gasteiger partial charge in [0.05, 0.1) is 12.5 Å². The van der Waals surface area contributed by atoms with E-state index in [-0.39, 0.29) is 12.1 Å². The van der Waals surface area contributed by atoms with Gasteiger partial charge in [-0.25, -0.2) is 0 Å². The van der Waals surface area contributed by atoms with E-state index in [0.717, 1.165) is 22.9 Å². The number of carbonyl (C=O) groups excluding carboxylic acids is 1. The molecule has 1 aliphatic rings. The second kappa shape index (κ2) is 7.39. The summed E-state index contributed by atoms with van der Waals surface area (Å²) in [6.45, 7) is 2.10. The predicted octanol–water partition coefficient (Wildman–Crippen LogP) is 5.14. The Hall–Kier alpha value is -2.08. The maximum atomic E-state index is 13.2. The Balaban J connectivity index is 2.13. The number of allylic oxidation sites excluding steroid dienone is 2. The average molecular weight is 428 g/mol. The lowest BCUT2D eigenvalue weighted by Gasteiger charge is -2.13. The zero-order valence-electron chi connectivity index (χ0n) is 14.8. The Labute approximate surface area is 162 Å². The molecule has 3 nitrogen and oxygen atoms in total. The number of hydrogen-bond acceptors (Lipinski definition) is 2. The molecule has 0 amide bonds. The van der Waals surface area contributed by atoms with Crippen LogP contribution in [0, 0.1) is 29.6 Å². The largest absolute Gasteiger partial charge is 0.460 e. The van der Waals surface area contributed by atoms with Crippen LogP contribution in [0.2, 0.25) is 0 Å². The summed E-state index contributed by atoms with van der Waals surface area (Å²) in [4.78, 5) is 12.2. The van der Waals surface area contributed by atoms with Gasteiger partial charge in [0.1, 0.15) is 17.3 Å². The quantitative estimate of drug-likeness (QED) is 0.370. The number of nitrogens with zero attached hydrogens (tertiary/aromatic N) is 1. The van der Waals surface area contributed by atoms with Gasteiger partial charge in [-0.15, -0.1) is 6.42 Å². The number of aromatic nitrogens is 1. The number of hydrogen-bond donors (Lipinski definition) is 0. The van der Waals surface area contributed by atoms with E-state index in [1.54, 1.807) is 13.8 Å². The summed E-state index contributed by atoms with van der Waals surface area (Å²) in [5, 5.41) is -1.36. The predicted molar refractivity (Wildman–Crippen MR) is 88.8 cm³/mol. The van der Waals surface area contributed by atoms with Gasteiger partial charge in [-0.2, -0.15) is 26.3 Å². The minimum Gasteiger partial charge on any atom is -0.460 e. The van der Waals surface area contributed by atoms with Gasteiger partial charge in [-0.3, -0.25) is 4.79 Å². The summed E-state index contributed by atoms with van der Waals surface area (Å²) in [5.41, 5.74) is -2.19. The van der Waals surface area contributed by atoms with Crippen molar-refractivity contribution in [1.82, 2.24) is 4.57 Å². The minimum atomic E-state index is -4.74. The number of ether oxygens (including phenoxy) is 1. The molecule has 1 fully saturated rings. The van der Waals surface area contributed by atoms with E-state index in [4.69, 9.17) is 22.8 Å².